The standard InChI is InChI=1S/C13H26N4O2/c1-5-19-12(18)13(4,8-7-11(2)3)15-9-6-10-16-17-14/h11,15H,5-10H2,1-4H3. The second-order valence-corrected chi connectivity index (χ2v) is 5.22. The summed E-state index contributed by atoms with van der Waals surface area (Å²) >= 11 is 0. The van der Waals surface area contributed by atoms with Crippen molar-refractivity contribution in [2.75, 3.05) is 19.7 Å². The first-order valence-electron chi connectivity index (χ1n) is 6.89. The fourth-order valence-electron chi connectivity index (χ4n) is 1.69. The summed E-state index contributed by atoms with van der Waals surface area (Å²) in [6.07, 6.45) is 2.41. The maximum atomic E-state index is 12.0. The van der Waals surface area contributed by atoms with Crippen molar-refractivity contribution in [2.45, 2.75) is 52.5 Å². The van der Waals surface area contributed by atoms with Crippen molar-refractivity contribution < 1.29 is 9.53 Å². The molecule has 1 unspecified atom stereocenters. The molecule has 0 aromatic carbocycles. The molecule has 1 N–H and O–H groups in total. The van der Waals surface area contributed by atoms with E-state index in [0.29, 0.717) is 32.0 Å². The second-order valence-electron chi connectivity index (χ2n) is 5.22. The minimum atomic E-state index is -0.656. The van der Waals surface area contributed by atoms with Gasteiger partial charge < -0.3 is 10.1 Å². The molecule has 0 fully saturated rings. The molecule has 0 aliphatic rings. The molecular formula is C13H26N4O2. The Labute approximate surface area is 115 Å². The molecular weight excluding hydrogens is 244 g/mol. The number of carbonyl (C=O) groups is 1. The second kappa shape index (κ2) is 9.64. The number of carbonyl (C=O) groups excluding carboxylic acids is 1. The summed E-state index contributed by atoms with van der Waals surface area (Å²) in [7, 11) is 0. The number of esters is 1. The molecule has 0 aromatic heterocycles. The van der Waals surface area contributed by atoms with Crippen molar-refractivity contribution in [3.05, 3.63) is 10.4 Å². The zero-order chi connectivity index (χ0) is 14.7. The van der Waals surface area contributed by atoms with Gasteiger partial charge in [-0.05, 0) is 51.1 Å². The number of hydrogen-bond donors (Lipinski definition) is 1. The molecule has 0 aromatic rings. The van der Waals surface area contributed by atoms with Crippen molar-refractivity contribution in [3.8, 4) is 0 Å². The van der Waals surface area contributed by atoms with E-state index in [2.05, 4.69) is 29.2 Å². The highest BCUT2D eigenvalue weighted by Gasteiger charge is 2.33. The van der Waals surface area contributed by atoms with Gasteiger partial charge in [-0.2, -0.15) is 0 Å². The van der Waals surface area contributed by atoms with Crippen LogP contribution in [0, 0.1) is 5.92 Å². The molecule has 0 rings (SSSR count). The highest BCUT2D eigenvalue weighted by atomic mass is 16.5. The average molecular weight is 270 g/mol. The first-order valence-corrected chi connectivity index (χ1v) is 6.89. The lowest BCUT2D eigenvalue weighted by Crippen LogP contribution is -2.51. The van der Waals surface area contributed by atoms with E-state index >= 15 is 0 Å². The fraction of sp³-hybridized carbons (Fsp3) is 0.923. The van der Waals surface area contributed by atoms with Crippen molar-refractivity contribution in [1.82, 2.24) is 5.32 Å². The Kier molecular flexibility index (Phi) is 9.00. The Morgan fingerprint density at radius 2 is 2.21 bits per heavy atom. The van der Waals surface area contributed by atoms with E-state index in [1.807, 2.05) is 13.8 Å². The third kappa shape index (κ3) is 7.70. The Balaban J connectivity index is 4.38. The first-order chi connectivity index (χ1) is 8.96. The van der Waals surface area contributed by atoms with Gasteiger partial charge in [-0.15, -0.1) is 0 Å². The van der Waals surface area contributed by atoms with E-state index in [1.165, 1.54) is 0 Å². The first kappa shape index (κ1) is 17.7. The van der Waals surface area contributed by atoms with Crippen molar-refractivity contribution in [3.63, 3.8) is 0 Å². The van der Waals surface area contributed by atoms with Gasteiger partial charge >= 0.3 is 5.97 Å². The highest BCUT2D eigenvalue weighted by Crippen LogP contribution is 2.18. The fourth-order valence-corrected chi connectivity index (χ4v) is 1.69. The normalized spacial score (nSPS) is 13.7. The van der Waals surface area contributed by atoms with Gasteiger partial charge in [-0.25, -0.2) is 0 Å². The largest absolute Gasteiger partial charge is 0.465 e. The molecule has 0 amide bonds. The van der Waals surface area contributed by atoms with Gasteiger partial charge in [-0.3, -0.25) is 4.79 Å². The van der Waals surface area contributed by atoms with E-state index in [4.69, 9.17) is 10.3 Å². The lowest BCUT2D eigenvalue weighted by Gasteiger charge is -2.29. The molecule has 6 heteroatoms. The van der Waals surface area contributed by atoms with E-state index in [9.17, 15) is 4.79 Å². The molecule has 0 heterocycles. The number of azide groups is 1. The molecule has 0 bridgehead atoms. The van der Waals surface area contributed by atoms with Crippen LogP contribution in [-0.2, 0) is 9.53 Å². The lowest BCUT2D eigenvalue weighted by atomic mass is 9.91. The van der Waals surface area contributed by atoms with Crippen LogP contribution >= 0.6 is 0 Å². The predicted molar refractivity (Wildman–Crippen MR) is 75.7 cm³/mol. The van der Waals surface area contributed by atoms with Crippen LogP contribution in [0.5, 0.6) is 0 Å². The van der Waals surface area contributed by atoms with Crippen LogP contribution in [0.2, 0.25) is 0 Å². The van der Waals surface area contributed by atoms with Gasteiger partial charge in [0, 0.05) is 11.5 Å². The molecule has 1 atom stereocenters. The van der Waals surface area contributed by atoms with Gasteiger partial charge in [0.1, 0.15) is 5.54 Å². The topological polar surface area (TPSA) is 87.1 Å². The molecule has 19 heavy (non-hydrogen) atoms. The molecule has 0 saturated carbocycles. The Morgan fingerprint density at radius 1 is 1.53 bits per heavy atom. The maximum Gasteiger partial charge on any atom is 0.326 e. The Hall–Kier alpha value is -1.26. The van der Waals surface area contributed by atoms with Gasteiger partial charge in [-0.1, -0.05) is 19.0 Å². The minimum absolute atomic E-state index is 0.209. The molecule has 110 valence electrons. The van der Waals surface area contributed by atoms with Crippen molar-refractivity contribution in [2.24, 2.45) is 11.0 Å². The van der Waals surface area contributed by atoms with Crippen LogP contribution in [0.3, 0.4) is 0 Å². The molecule has 6 nitrogen and oxygen atoms in total. The third-order valence-electron chi connectivity index (χ3n) is 2.96. The molecule has 0 radical (unpaired) electrons. The minimum Gasteiger partial charge on any atom is -0.465 e. The van der Waals surface area contributed by atoms with E-state index in [0.717, 1.165) is 12.8 Å². The van der Waals surface area contributed by atoms with E-state index in [1.54, 1.807) is 0 Å². The summed E-state index contributed by atoms with van der Waals surface area (Å²) < 4.78 is 5.13. The van der Waals surface area contributed by atoms with E-state index < -0.39 is 5.54 Å². The summed E-state index contributed by atoms with van der Waals surface area (Å²) in [5.41, 5.74) is 7.54. The van der Waals surface area contributed by atoms with Crippen LogP contribution in [0.25, 0.3) is 10.4 Å². The van der Waals surface area contributed by atoms with E-state index in [-0.39, 0.29) is 5.97 Å². The third-order valence-corrected chi connectivity index (χ3v) is 2.96. The SMILES string of the molecule is CCOC(=O)C(C)(CCC(C)C)NCCCN=[N+]=[N-]. The summed E-state index contributed by atoms with van der Waals surface area (Å²) in [6, 6.07) is 0. The zero-order valence-corrected chi connectivity index (χ0v) is 12.5. The summed E-state index contributed by atoms with van der Waals surface area (Å²) in [6.45, 7) is 9.40. The molecule has 0 aliphatic carbocycles. The van der Waals surface area contributed by atoms with Crippen LogP contribution < -0.4 is 5.32 Å². The van der Waals surface area contributed by atoms with Crippen molar-refractivity contribution >= 4 is 5.97 Å². The van der Waals surface area contributed by atoms with Crippen molar-refractivity contribution in [1.29, 1.82) is 0 Å². The summed E-state index contributed by atoms with van der Waals surface area (Å²) in [5.74, 6) is 0.332. The summed E-state index contributed by atoms with van der Waals surface area (Å²) in [5, 5.41) is 6.71. The van der Waals surface area contributed by atoms with Crippen LogP contribution in [0.1, 0.15) is 47.0 Å². The smallest absolute Gasteiger partial charge is 0.326 e. The van der Waals surface area contributed by atoms with Gasteiger partial charge in [0.15, 0.2) is 0 Å². The number of nitrogens with zero attached hydrogens (tertiary/aromatic N) is 3. The monoisotopic (exact) mass is 270 g/mol. The van der Waals surface area contributed by atoms with Gasteiger partial charge in [0.05, 0.1) is 6.61 Å². The summed E-state index contributed by atoms with van der Waals surface area (Å²) in [4.78, 5) is 14.7. The van der Waals surface area contributed by atoms with Gasteiger partial charge in [0.2, 0.25) is 0 Å². The Bertz CT molecular complexity index is 314. The quantitative estimate of drug-likeness (QED) is 0.217. The lowest BCUT2D eigenvalue weighted by molar-refractivity contribution is -0.151. The van der Waals surface area contributed by atoms with Crippen LogP contribution in [0.4, 0.5) is 0 Å². The average Bonchev–Trinajstić information content (AvgIpc) is 2.36. The molecule has 0 spiro atoms. The molecule has 0 saturated heterocycles. The zero-order valence-electron chi connectivity index (χ0n) is 12.5. The van der Waals surface area contributed by atoms with Crippen LogP contribution in [-0.4, -0.2) is 31.2 Å². The number of ether oxygens (including phenoxy) is 1. The Morgan fingerprint density at radius 3 is 2.74 bits per heavy atom. The number of rotatable bonds is 10. The predicted octanol–water partition coefficient (Wildman–Crippen LogP) is 3.03. The molecule has 0 aliphatic heterocycles. The number of nitrogens with one attached hydrogen (secondary N) is 1. The number of hydrogen-bond acceptors (Lipinski definition) is 4. The van der Waals surface area contributed by atoms with Crippen LogP contribution in [0.15, 0.2) is 5.11 Å². The maximum absolute atomic E-state index is 12.0. The highest BCUT2D eigenvalue weighted by molar-refractivity contribution is 5.80. The van der Waals surface area contributed by atoms with Gasteiger partial charge in [0.25, 0.3) is 0 Å².